The van der Waals surface area contributed by atoms with Crippen LogP contribution in [0.4, 0.5) is 0 Å². The number of nitrogens with one attached hydrogen (secondary N) is 1. The molecule has 2 aromatic carbocycles. The Hall–Kier alpha value is -2.62. The van der Waals surface area contributed by atoms with Crippen molar-refractivity contribution in [1.82, 2.24) is 14.5 Å². The summed E-state index contributed by atoms with van der Waals surface area (Å²) in [4.78, 5) is 40.0. The number of benzene rings is 2. The zero-order valence-corrected chi connectivity index (χ0v) is 21.1. The lowest BCUT2D eigenvalue weighted by atomic mass is 10.1. The predicted octanol–water partition coefficient (Wildman–Crippen LogP) is 3.47. The van der Waals surface area contributed by atoms with Crippen LogP contribution in [0, 0.1) is 0 Å². The maximum absolute atomic E-state index is 13.3. The summed E-state index contributed by atoms with van der Waals surface area (Å²) in [5.74, 6) is -1.46. The highest BCUT2D eigenvalue weighted by molar-refractivity contribution is 7.90. The van der Waals surface area contributed by atoms with E-state index in [2.05, 4.69) is 5.32 Å². The van der Waals surface area contributed by atoms with E-state index in [1.165, 1.54) is 23.1 Å². The monoisotopic (exact) mass is 525 g/mol. The minimum absolute atomic E-state index is 0.0618. The van der Waals surface area contributed by atoms with Crippen LogP contribution >= 0.6 is 23.2 Å². The van der Waals surface area contributed by atoms with Gasteiger partial charge in [0.15, 0.2) is 0 Å². The number of hydrogen-bond donors (Lipinski definition) is 1. The van der Waals surface area contributed by atoms with Gasteiger partial charge in [0.25, 0.3) is 15.9 Å². The van der Waals surface area contributed by atoms with Crippen LogP contribution in [0.5, 0.6) is 0 Å². The first-order chi connectivity index (χ1) is 16.1. The number of carbonyl (C=O) groups excluding carboxylic acids is 3. The number of likely N-dealkylation sites (N-methyl/N-ethyl adjacent to an activating group) is 1. The number of halogens is 2. The summed E-state index contributed by atoms with van der Waals surface area (Å²) in [5, 5.41) is 3.39. The Morgan fingerprint density at radius 2 is 1.79 bits per heavy atom. The van der Waals surface area contributed by atoms with Gasteiger partial charge >= 0.3 is 0 Å². The Labute approximate surface area is 208 Å². The van der Waals surface area contributed by atoms with Crippen molar-refractivity contribution in [3.05, 3.63) is 63.6 Å². The molecular weight excluding hydrogens is 501 g/mol. The molecule has 1 aliphatic rings. The van der Waals surface area contributed by atoms with Gasteiger partial charge in [-0.05, 0) is 43.2 Å². The molecule has 0 spiro atoms. The first-order valence-corrected chi connectivity index (χ1v) is 13.0. The molecule has 0 fully saturated rings. The molecule has 1 N–H and O–H groups in total. The van der Waals surface area contributed by atoms with Crippen molar-refractivity contribution in [1.29, 1.82) is 0 Å². The van der Waals surface area contributed by atoms with E-state index in [-0.39, 0.29) is 35.9 Å². The Kier molecular flexibility index (Phi) is 8.22. The largest absolute Gasteiger partial charge is 0.355 e. The summed E-state index contributed by atoms with van der Waals surface area (Å²) in [6.45, 7) is 3.67. The molecule has 0 bridgehead atoms. The van der Waals surface area contributed by atoms with Crippen LogP contribution in [0.25, 0.3) is 0 Å². The second kappa shape index (κ2) is 10.8. The smallest absolute Gasteiger partial charge is 0.269 e. The summed E-state index contributed by atoms with van der Waals surface area (Å²) in [5.41, 5.74) is 0.735. The van der Waals surface area contributed by atoms with Gasteiger partial charge in [-0.1, -0.05) is 48.3 Å². The van der Waals surface area contributed by atoms with Gasteiger partial charge in [0, 0.05) is 26.1 Å². The lowest BCUT2D eigenvalue weighted by Gasteiger charge is -2.31. The first kappa shape index (κ1) is 26.0. The maximum Gasteiger partial charge on any atom is 0.269 e. The van der Waals surface area contributed by atoms with Gasteiger partial charge in [0.1, 0.15) is 10.9 Å². The first-order valence-electron chi connectivity index (χ1n) is 10.8. The molecule has 0 saturated heterocycles. The van der Waals surface area contributed by atoms with Crippen LogP contribution in [-0.2, 0) is 26.2 Å². The minimum atomic E-state index is -4.04. The highest BCUT2D eigenvalue weighted by Gasteiger charge is 2.41. The van der Waals surface area contributed by atoms with Crippen LogP contribution in [0.15, 0.2) is 47.4 Å². The molecule has 0 saturated carbocycles. The molecule has 2 aromatic rings. The molecule has 8 nitrogen and oxygen atoms in total. The molecule has 182 valence electrons. The van der Waals surface area contributed by atoms with E-state index in [0.717, 1.165) is 0 Å². The lowest BCUT2D eigenvalue weighted by molar-refractivity contribution is -0.141. The van der Waals surface area contributed by atoms with Gasteiger partial charge in [-0.25, -0.2) is 12.7 Å². The maximum atomic E-state index is 13.3. The topological polar surface area (TPSA) is 104 Å². The Morgan fingerprint density at radius 1 is 1.09 bits per heavy atom. The highest BCUT2D eigenvalue weighted by atomic mass is 35.5. The number of carbonyl (C=O) groups is 3. The second-order valence-corrected chi connectivity index (χ2v) is 10.4. The zero-order chi connectivity index (χ0) is 25.0. The molecule has 3 amide bonds. The van der Waals surface area contributed by atoms with Crippen LogP contribution in [0.2, 0.25) is 10.0 Å². The van der Waals surface area contributed by atoms with E-state index in [1.54, 1.807) is 38.1 Å². The average molecular weight is 526 g/mol. The summed E-state index contributed by atoms with van der Waals surface area (Å²) in [6.07, 6.45) is 0.0570. The summed E-state index contributed by atoms with van der Waals surface area (Å²) in [7, 11) is -4.04. The van der Waals surface area contributed by atoms with Crippen molar-refractivity contribution in [3.8, 4) is 0 Å². The fourth-order valence-corrected chi connectivity index (χ4v) is 5.73. The SMILES string of the molecule is CCNC(=O)[C@@H](CC)N(Cc1ccc(Cl)c(Cl)c1)C(=O)CCN1C(=O)c2ccccc2S1(=O)=O. The fraction of sp³-hybridized carbons (Fsp3) is 0.348. The molecule has 3 rings (SSSR count). The molecule has 11 heteroatoms. The number of amides is 3. The van der Waals surface area contributed by atoms with Gasteiger partial charge in [-0.3, -0.25) is 14.4 Å². The quantitative estimate of drug-likeness (QED) is 0.539. The van der Waals surface area contributed by atoms with E-state index in [9.17, 15) is 22.8 Å². The van der Waals surface area contributed by atoms with Crippen molar-refractivity contribution in [2.45, 2.75) is 44.2 Å². The molecular formula is C23H25Cl2N3O5S. The number of fused-ring (bicyclic) bond motifs is 1. The van der Waals surface area contributed by atoms with Gasteiger partial charge in [-0.2, -0.15) is 0 Å². The van der Waals surface area contributed by atoms with Gasteiger partial charge in [-0.15, -0.1) is 0 Å². The van der Waals surface area contributed by atoms with Crippen LogP contribution in [0.1, 0.15) is 42.6 Å². The van der Waals surface area contributed by atoms with Crippen LogP contribution in [0.3, 0.4) is 0 Å². The Balaban J connectivity index is 1.84. The van der Waals surface area contributed by atoms with E-state index in [1.807, 2.05) is 0 Å². The minimum Gasteiger partial charge on any atom is -0.355 e. The summed E-state index contributed by atoms with van der Waals surface area (Å²) in [6, 6.07) is 10.0. The number of rotatable bonds is 9. The van der Waals surface area contributed by atoms with Crippen molar-refractivity contribution in [2.24, 2.45) is 0 Å². The van der Waals surface area contributed by atoms with E-state index in [0.29, 0.717) is 32.9 Å². The highest BCUT2D eigenvalue weighted by Crippen LogP contribution is 2.30. The zero-order valence-electron chi connectivity index (χ0n) is 18.8. The molecule has 0 aromatic heterocycles. The predicted molar refractivity (Wildman–Crippen MR) is 129 cm³/mol. The van der Waals surface area contributed by atoms with Crippen LogP contribution < -0.4 is 5.32 Å². The second-order valence-electron chi connectivity index (χ2n) is 7.72. The van der Waals surface area contributed by atoms with E-state index >= 15 is 0 Å². The Morgan fingerprint density at radius 3 is 2.41 bits per heavy atom. The van der Waals surface area contributed by atoms with E-state index < -0.39 is 27.9 Å². The van der Waals surface area contributed by atoms with Crippen molar-refractivity contribution in [3.63, 3.8) is 0 Å². The third kappa shape index (κ3) is 5.21. The summed E-state index contributed by atoms with van der Waals surface area (Å²) < 4.78 is 26.3. The molecule has 1 heterocycles. The normalized spacial score (nSPS) is 15.1. The van der Waals surface area contributed by atoms with Gasteiger partial charge < -0.3 is 10.2 Å². The van der Waals surface area contributed by atoms with Crippen molar-refractivity contribution in [2.75, 3.05) is 13.1 Å². The third-order valence-corrected chi connectivity index (χ3v) is 8.09. The fourth-order valence-electron chi connectivity index (χ4n) is 3.84. The van der Waals surface area contributed by atoms with Crippen LogP contribution in [-0.4, -0.2) is 54.5 Å². The standard InChI is InChI=1S/C23H25Cl2N3O5S/c1-3-19(22(30)26-4-2)27(14-15-9-10-17(24)18(25)13-15)21(29)11-12-28-23(31)16-7-5-6-8-20(16)34(28,32)33/h5-10,13,19H,3-4,11-12,14H2,1-2H3,(H,26,30)/t19-/m1/s1. The molecule has 1 atom stereocenters. The average Bonchev–Trinajstić information content (AvgIpc) is 3.00. The van der Waals surface area contributed by atoms with Gasteiger partial charge in [0.2, 0.25) is 11.8 Å². The van der Waals surface area contributed by atoms with Crippen molar-refractivity contribution < 1.29 is 22.8 Å². The van der Waals surface area contributed by atoms with E-state index in [4.69, 9.17) is 23.2 Å². The number of sulfonamides is 1. The summed E-state index contributed by atoms with van der Waals surface area (Å²) >= 11 is 12.1. The third-order valence-electron chi connectivity index (χ3n) is 5.51. The number of hydrogen-bond acceptors (Lipinski definition) is 5. The Bertz CT molecular complexity index is 1220. The molecule has 0 radical (unpaired) electrons. The molecule has 0 unspecified atom stereocenters. The number of nitrogens with zero attached hydrogens (tertiary/aromatic N) is 2. The molecule has 34 heavy (non-hydrogen) atoms. The lowest BCUT2D eigenvalue weighted by Crippen LogP contribution is -2.49. The van der Waals surface area contributed by atoms with Gasteiger partial charge in [0.05, 0.1) is 15.6 Å². The molecule has 1 aliphatic heterocycles. The molecule has 0 aliphatic carbocycles. The van der Waals surface area contributed by atoms with Crippen molar-refractivity contribution >= 4 is 50.9 Å².